The van der Waals surface area contributed by atoms with Gasteiger partial charge in [-0.15, -0.1) is 0 Å². The fourth-order valence-electron chi connectivity index (χ4n) is 3.82. The summed E-state index contributed by atoms with van der Waals surface area (Å²) < 4.78 is 0. The second kappa shape index (κ2) is 6.06. The molecule has 2 fully saturated rings. The lowest BCUT2D eigenvalue weighted by Gasteiger charge is -2.43. The van der Waals surface area contributed by atoms with Crippen LogP contribution in [0.2, 0.25) is 0 Å². The van der Waals surface area contributed by atoms with E-state index in [2.05, 4.69) is 31.7 Å². The Hall–Kier alpha value is -0.550. The molecule has 0 spiro atoms. The van der Waals surface area contributed by atoms with Gasteiger partial charge in [-0.1, -0.05) is 20.8 Å². The maximum Gasteiger partial charge on any atom is 0.0672 e. The third kappa shape index (κ3) is 3.06. The molecule has 0 aromatic heterocycles. The second-order valence-electron chi connectivity index (χ2n) is 6.84. The van der Waals surface area contributed by atoms with E-state index in [0.29, 0.717) is 6.04 Å². The van der Waals surface area contributed by atoms with Crippen LogP contribution < -0.4 is 0 Å². The maximum atomic E-state index is 9.34. The molecule has 2 heteroatoms. The summed E-state index contributed by atoms with van der Waals surface area (Å²) in [5.41, 5.74) is 0. The van der Waals surface area contributed by atoms with Crippen LogP contribution in [-0.4, -0.2) is 24.0 Å². The van der Waals surface area contributed by atoms with E-state index in [0.717, 1.165) is 24.2 Å². The molecule has 1 heterocycles. The van der Waals surface area contributed by atoms with E-state index in [1.165, 1.54) is 38.8 Å². The van der Waals surface area contributed by atoms with Crippen molar-refractivity contribution in [2.45, 2.75) is 58.9 Å². The Morgan fingerprint density at radius 1 is 1.11 bits per heavy atom. The monoisotopic (exact) mass is 248 g/mol. The summed E-state index contributed by atoms with van der Waals surface area (Å²) in [5, 5.41) is 9.34. The van der Waals surface area contributed by atoms with Gasteiger partial charge in [0.15, 0.2) is 0 Å². The molecular formula is C16H28N2. The first-order valence-corrected chi connectivity index (χ1v) is 7.75. The van der Waals surface area contributed by atoms with E-state index < -0.39 is 0 Å². The Bertz CT molecular complexity index is 297. The molecule has 0 radical (unpaired) electrons. The number of likely N-dealkylation sites (tertiary alicyclic amines) is 1. The zero-order chi connectivity index (χ0) is 13.1. The van der Waals surface area contributed by atoms with Crippen LogP contribution >= 0.6 is 0 Å². The number of nitriles is 1. The lowest BCUT2D eigenvalue weighted by Crippen LogP contribution is -2.47. The van der Waals surface area contributed by atoms with E-state index >= 15 is 0 Å². The van der Waals surface area contributed by atoms with E-state index in [4.69, 9.17) is 0 Å². The van der Waals surface area contributed by atoms with Crippen LogP contribution in [-0.2, 0) is 0 Å². The van der Waals surface area contributed by atoms with Crippen molar-refractivity contribution in [2.24, 2.45) is 23.7 Å². The normalized spacial score (nSPS) is 35.6. The van der Waals surface area contributed by atoms with Gasteiger partial charge in [0.2, 0.25) is 0 Å². The molecule has 2 aliphatic rings. The van der Waals surface area contributed by atoms with Gasteiger partial charge in [-0.2, -0.15) is 5.26 Å². The van der Waals surface area contributed by atoms with Crippen LogP contribution in [0.4, 0.5) is 0 Å². The summed E-state index contributed by atoms with van der Waals surface area (Å²) in [5.74, 6) is 2.83. The highest BCUT2D eigenvalue weighted by atomic mass is 15.2. The quantitative estimate of drug-likeness (QED) is 0.745. The average Bonchev–Trinajstić information content (AvgIpc) is 2.39. The fraction of sp³-hybridized carbons (Fsp3) is 0.938. The molecule has 102 valence electrons. The minimum Gasteiger partial charge on any atom is -0.299 e. The molecule has 2 rings (SSSR count). The van der Waals surface area contributed by atoms with Crippen molar-refractivity contribution in [1.29, 1.82) is 5.26 Å². The van der Waals surface area contributed by atoms with Crippen molar-refractivity contribution < 1.29 is 0 Å². The maximum absolute atomic E-state index is 9.34. The predicted molar refractivity (Wildman–Crippen MR) is 75.0 cm³/mol. The van der Waals surface area contributed by atoms with Crippen molar-refractivity contribution in [3.05, 3.63) is 0 Å². The molecule has 1 saturated carbocycles. The lowest BCUT2D eigenvalue weighted by atomic mass is 9.77. The van der Waals surface area contributed by atoms with E-state index in [1.807, 2.05) is 0 Å². The molecule has 1 saturated heterocycles. The largest absolute Gasteiger partial charge is 0.299 e. The molecule has 3 atom stereocenters. The Kier molecular flexibility index (Phi) is 4.67. The summed E-state index contributed by atoms with van der Waals surface area (Å²) in [4.78, 5) is 2.63. The Labute approximate surface area is 112 Å². The van der Waals surface area contributed by atoms with E-state index in [-0.39, 0.29) is 5.92 Å². The highest BCUT2D eigenvalue weighted by molar-refractivity contribution is 4.98. The molecule has 0 aromatic rings. The van der Waals surface area contributed by atoms with Gasteiger partial charge in [-0.25, -0.2) is 0 Å². The molecular weight excluding hydrogens is 220 g/mol. The van der Waals surface area contributed by atoms with Crippen molar-refractivity contribution in [3.63, 3.8) is 0 Å². The minimum absolute atomic E-state index is 0.289. The van der Waals surface area contributed by atoms with Crippen LogP contribution in [0.5, 0.6) is 0 Å². The van der Waals surface area contributed by atoms with Crippen LogP contribution in [0.15, 0.2) is 0 Å². The molecule has 0 amide bonds. The zero-order valence-corrected chi connectivity index (χ0v) is 12.2. The Balaban J connectivity index is 1.93. The van der Waals surface area contributed by atoms with Gasteiger partial charge in [0, 0.05) is 6.04 Å². The van der Waals surface area contributed by atoms with Crippen LogP contribution in [0.3, 0.4) is 0 Å². The third-order valence-corrected chi connectivity index (χ3v) is 5.23. The summed E-state index contributed by atoms with van der Waals surface area (Å²) in [6, 6.07) is 3.11. The van der Waals surface area contributed by atoms with Gasteiger partial charge in [0.25, 0.3) is 0 Å². The molecule has 3 unspecified atom stereocenters. The second-order valence-corrected chi connectivity index (χ2v) is 6.84. The fourth-order valence-corrected chi connectivity index (χ4v) is 3.82. The Morgan fingerprint density at radius 2 is 1.78 bits per heavy atom. The topological polar surface area (TPSA) is 27.0 Å². The third-order valence-electron chi connectivity index (χ3n) is 5.23. The molecule has 0 N–H and O–H groups in total. The number of rotatable bonds is 2. The van der Waals surface area contributed by atoms with Crippen molar-refractivity contribution in [3.8, 4) is 6.07 Å². The number of hydrogen-bond acceptors (Lipinski definition) is 2. The van der Waals surface area contributed by atoms with Gasteiger partial charge in [0.1, 0.15) is 0 Å². The van der Waals surface area contributed by atoms with Gasteiger partial charge in [0.05, 0.1) is 12.0 Å². The number of piperidine rings is 1. The summed E-state index contributed by atoms with van der Waals surface area (Å²) >= 11 is 0. The summed E-state index contributed by atoms with van der Waals surface area (Å²) in [7, 11) is 0. The predicted octanol–water partition coefficient (Wildman–Crippen LogP) is 3.68. The smallest absolute Gasteiger partial charge is 0.0672 e. The van der Waals surface area contributed by atoms with Gasteiger partial charge < -0.3 is 0 Å². The van der Waals surface area contributed by atoms with Crippen LogP contribution in [0, 0.1) is 35.0 Å². The van der Waals surface area contributed by atoms with Crippen molar-refractivity contribution >= 4 is 0 Å². The van der Waals surface area contributed by atoms with E-state index in [9.17, 15) is 5.26 Å². The van der Waals surface area contributed by atoms with Crippen LogP contribution in [0.25, 0.3) is 0 Å². The molecule has 1 aliphatic heterocycles. The van der Waals surface area contributed by atoms with Gasteiger partial charge >= 0.3 is 0 Å². The van der Waals surface area contributed by atoms with Crippen LogP contribution in [0.1, 0.15) is 52.9 Å². The lowest BCUT2D eigenvalue weighted by molar-refractivity contribution is 0.0618. The zero-order valence-electron chi connectivity index (χ0n) is 12.2. The van der Waals surface area contributed by atoms with Crippen molar-refractivity contribution in [2.75, 3.05) is 13.1 Å². The SMILES string of the molecule is CC1CCC(C#N)C(N2CCC(C(C)C)CC2)C1. The highest BCUT2D eigenvalue weighted by Gasteiger charge is 2.35. The van der Waals surface area contributed by atoms with E-state index in [1.54, 1.807) is 0 Å². The molecule has 1 aliphatic carbocycles. The first-order chi connectivity index (χ1) is 8.61. The summed E-state index contributed by atoms with van der Waals surface area (Å²) in [6.45, 7) is 9.49. The molecule has 2 nitrogen and oxygen atoms in total. The first-order valence-electron chi connectivity index (χ1n) is 7.75. The van der Waals surface area contributed by atoms with Gasteiger partial charge in [-0.3, -0.25) is 4.90 Å². The van der Waals surface area contributed by atoms with Gasteiger partial charge in [-0.05, 0) is 62.9 Å². The van der Waals surface area contributed by atoms with Crippen molar-refractivity contribution in [1.82, 2.24) is 4.90 Å². The minimum atomic E-state index is 0.289. The molecule has 18 heavy (non-hydrogen) atoms. The number of nitrogens with zero attached hydrogens (tertiary/aromatic N) is 2. The molecule has 0 bridgehead atoms. The highest BCUT2D eigenvalue weighted by Crippen LogP contribution is 2.35. The summed E-state index contributed by atoms with van der Waals surface area (Å²) in [6.07, 6.45) is 6.27. The first kappa shape index (κ1) is 13.9. The Morgan fingerprint density at radius 3 is 2.33 bits per heavy atom. The molecule has 0 aromatic carbocycles. The average molecular weight is 248 g/mol. The number of hydrogen-bond donors (Lipinski definition) is 0. The standard InChI is InChI=1S/C16H28N2/c1-12(2)14-6-8-18(9-7-14)16-10-13(3)4-5-15(16)11-17/h12-16H,4-10H2,1-3H3.